The molecule has 0 aromatic heterocycles. The van der Waals surface area contributed by atoms with Gasteiger partial charge in [0.1, 0.15) is 0 Å². The molecule has 3 nitrogen and oxygen atoms in total. The molecule has 0 amide bonds. The molecule has 0 aromatic rings. The van der Waals surface area contributed by atoms with Crippen molar-refractivity contribution in [1.82, 2.24) is 0 Å². The van der Waals surface area contributed by atoms with Gasteiger partial charge in [0.25, 0.3) is 0 Å². The lowest BCUT2D eigenvalue weighted by Crippen LogP contribution is -2.55. The second-order valence-electron chi connectivity index (χ2n) is 13.1. The number of hydrogen-bond acceptors (Lipinski definition) is 3. The van der Waals surface area contributed by atoms with E-state index >= 15 is 0 Å². The zero-order valence-corrected chi connectivity index (χ0v) is 19.7. The molecule has 4 aliphatic carbocycles. The molecule has 0 bridgehead atoms. The van der Waals surface area contributed by atoms with Crippen LogP contribution in [0.3, 0.4) is 0 Å². The fourth-order valence-corrected chi connectivity index (χ4v) is 10.3. The first kappa shape index (κ1) is 20.5. The van der Waals surface area contributed by atoms with Gasteiger partial charge in [-0.15, -0.1) is 0 Å². The maximum absolute atomic E-state index is 10.3. The van der Waals surface area contributed by atoms with Crippen LogP contribution in [-0.4, -0.2) is 29.7 Å². The number of fused-ring (bicyclic) bond motifs is 7. The molecule has 1 spiro atoms. The van der Waals surface area contributed by atoms with Gasteiger partial charge >= 0.3 is 0 Å². The Hall–Kier alpha value is -0.120. The summed E-state index contributed by atoms with van der Waals surface area (Å²) in [4.78, 5) is 0. The van der Waals surface area contributed by atoms with Crippen LogP contribution in [0, 0.1) is 52.3 Å². The van der Waals surface area contributed by atoms with Crippen molar-refractivity contribution in [3.63, 3.8) is 0 Å². The van der Waals surface area contributed by atoms with Gasteiger partial charge in [0.05, 0.1) is 18.8 Å². The molecular formula is C27H44O3. The number of aliphatic hydroxyl groups is 1. The summed E-state index contributed by atoms with van der Waals surface area (Å²) in [6.07, 6.45) is 12.9. The zero-order chi connectivity index (χ0) is 20.9. The third-order valence-corrected chi connectivity index (χ3v) is 11.9. The topological polar surface area (TPSA) is 38.7 Å². The van der Waals surface area contributed by atoms with E-state index in [9.17, 15) is 5.11 Å². The summed E-state index contributed by atoms with van der Waals surface area (Å²) >= 11 is 0. The van der Waals surface area contributed by atoms with Crippen LogP contribution in [-0.2, 0) is 9.47 Å². The summed E-state index contributed by atoms with van der Waals surface area (Å²) in [5, 5.41) is 10.3. The minimum absolute atomic E-state index is 0.0389. The Morgan fingerprint density at radius 1 is 0.833 bits per heavy atom. The van der Waals surface area contributed by atoms with E-state index in [-0.39, 0.29) is 11.9 Å². The van der Waals surface area contributed by atoms with Gasteiger partial charge in [0.15, 0.2) is 5.79 Å². The van der Waals surface area contributed by atoms with Crippen LogP contribution in [0.2, 0.25) is 0 Å². The maximum atomic E-state index is 10.3. The lowest BCUT2D eigenvalue weighted by Gasteiger charge is -2.61. The largest absolute Gasteiger partial charge is 0.393 e. The standard InChI is InChI=1S/C27H44O3/c1-16-7-12-27(29-15-16)17(2)24-23(30-27)14-22-20-6-5-18-13-19(28)8-10-25(18,3)21(20)9-11-26(22,24)4/h16-24,28H,5-15H2,1-4H3/t16-,17+,18-,19+,20-,21+,22+,23+,24?,25+,26+,27-/m1/s1. The maximum Gasteiger partial charge on any atom is 0.171 e. The van der Waals surface area contributed by atoms with Crippen LogP contribution >= 0.6 is 0 Å². The van der Waals surface area contributed by atoms with Crippen LogP contribution in [0.1, 0.15) is 91.9 Å². The number of ether oxygens (including phenoxy) is 2. The Kier molecular flexibility index (Phi) is 4.58. The molecule has 6 aliphatic rings. The van der Waals surface area contributed by atoms with Crippen LogP contribution in [0.15, 0.2) is 0 Å². The highest BCUT2D eigenvalue weighted by atomic mass is 16.7. The third-order valence-electron chi connectivity index (χ3n) is 11.9. The van der Waals surface area contributed by atoms with Crippen molar-refractivity contribution in [2.24, 2.45) is 52.3 Å². The lowest BCUT2D eigenvalue weighted by atomic mass is 9.44. The number of rotatable bonds is 0. The van der Waals surface area contributed by atoms with E-state index in [1.165, 1.54) is 44.9 Å². The van der Waals surface area contributed by atoms with Gasteiger partial charge in [-0.05, 0) is 104 Å². The van der Waals surface area contributed by atoms with Gasteiger partial charge in [-0.2, -0.15) is 0 Å². The normalized spacial score (nSPS) is 62.5. The van der Waals surface area contributed by atoms with E-state index in [0.717, 1.165) is 49.5 Å². The average molecular weight is 417 g/mol. The summed E-state index contributed by atoms with van der Waals surface area (Å²) in [6.45, 7) is 10.9. The average Bonchev–Trinajstić information content (AvgIpc) is 3.16. The molecular weight excluding hydrogens is 372 g/mol. The molecule has 30 heavy (non-hydrogen) atoms. The van der Waals surface area contributed by atoms with E-state index in [1.807, 2.05) is 0 Å². The predicted octanol–water partition coefficient (Wildman–Crippen LogP) is 5.79. The second-order valence-corrected chi connectivity index (χ2v) is 13.1. The van der Waals surface area contributed by atoms with Crippen molar-refractivity contribution < 1.29 is 14.6 Å². The fourth-order valence-electron chi connectivity index (χ4n) is 10.3. The van der Waals surface area contributed by atoms with Gasteiger partial charge < -0.3 is 14.6 Å². The third kappa shape index (κ3) is 2.61. The molecule has 2 aliphatic heterocycles. The van der Waals surface area contributed by atoms with Gasteiger partial charge in [0.2, 0.25) is 0 Å². The van der Waals surface area contributed by atoms with E-state index in [4.69, 9.17) is 9.47 Å². The molecule has 4 saturated carbocycles. The molecule has 1 N–H and O–H groups in total. The smallest absolute Gasteiger partial charge is 0.171 e. The van der Waals surface area contributed by atoms with Gasteiger partial charge in [-0.3, -0.25) is 0 Å². The van der Waals surface area contributed by atoms with Crippen LogP contribution < -0.4 is 0 Å². The fraction of sp³-hybridized carbons (Fsp3) is 1.00. The first-order valence-corrected chi connectivity index (χ1v) is 13.3. The molecule has 0 aromatic carbocycles. The van der Waals surface area contributed by atoms with Crippen molar-refractivity contribution in [3.8, 4) is 0 Å². The monoisotopic (exact) mass is 416 g/mol. The van der Waals surface area contributed by atoms with Crippen LogP contribution in [0.25, 0.3) is 0 Å². The zero-order valence-electron chi connectivity index (χ0n) is 19.7. The molecule has 3 heteroatoms. The first-order valence-electron chi connectivity index (χ1n) is 13.3. The Bertz CT molecular complexity index is 684. The number of hydrogen-bond donors (Lipinski definition) is 1. The quantitative estimate of drug-likeness (QED) is 0.543. The molecule has 0 radical (unpaired) electrons. The highest BCUT2D eigenvalue weighted by Gasteiger charge is 2.69. The highest BCUT2D eigenvalue weighted by molar-refractivity contribution is 5.15. The van der Waals surface area contributed by atoms with Gasteiger partial charge in [-0.25, -0.2) is 0 Å². The van der Waals surface area contributed by atoms with Crippen molar-refractivity contribution in [2.75, 3.05) is 6.61 Å². The Balaban J connectivity index is 1.26. The summed E-state index contributed by atoms with van der Waals surface area (Å²) in [5.41, 5.74) is 0.899. The molecule has 2 saturated heterocycles. The Morgan fingerprint density at radius 3 is 2.40 bits per heavy atom. The van der Waals surface area contributed by atoms with Gasteiger partial charge in [-0.1, -0.05) is 27.7 Å². The second kappa shape index (κ2) is 6.70. The van der Waals surface area contributed by atoms with Crippen molar-refractivity contribution in [3.05, 3.63) is 0 Å². The van der Waals surface area contributed by atoms with E-state index in [1.54, 1.807) is 0 Å². The molecule has 1 unspecified atom stereocenters. The molecule has 12 atom stereocenters. The van der Waals surface area contributed by atoms with Crippen LogP contribution in [0.5, 0.6) is 0 Å². The lowest BCUT2D eigenvalue weighted by molar-refractivity contribution is -0.273. The van der Waals surface area contributed by atoms with E-state index in [0.29, 0.717) is 34.7 Å². The Labute approximate surface area is 183 Å². The van der Waals surface area contributed by atoms with Crippen LogP contribution in [0.4, 0.5) is 0 Å². The summed E-state index contributed by atoms with van der Waals surface area (Å²) in [6, 6.07) is 0. The van der Waals surface area contributed by atoms with Crippen molar-refractivity contribution in [1.29, 1.82) is 0 Å². The summed E-state index contributed by atoms with van der Waals surface area (Å²) in [5.74, 6) is 4.93. The minimum atomic E-state index is -0.282. The number of aliphatic hydroxyl groups excluding tert-OH is 1. The molecule has 6 rings (SSSR count). The molecule has 2 heterocycles. The van der Waals surface area contributed by atoms with Crippen molar-refractivity contribution >= 4 is 0 Å². The molecule has 6 fully saturated rings. The predicted molar refractivity (Wildman–Crippen MR) is 118 cm³/mol. The Morgan fingerprint density at radius 2 is 1.63 bits per heavy atom. The first-order chi connectivity index (χ1) is 14.3. The van der Waals surface area contributed by atoms with E-state index < -0.39 is 0 Å². The molecule has 170 valence electrons. The van der Waals surface area contributed by atoms with E-state index in [2.05, 4.69) is 27.7 Å². The highest BCUT2D eigenvalue weighted by Crippen LogP contribution is 2.71. The minimum Gasteiger partial charge on any atom is -0.393 e. The summed E-state index contributed by atoms with van der Waals surface area (Å²) in [7, 11) is 0. The SMILES string of the molecule is C[C@@H]1CC[C@@]2(OC1)O[C@H]1C[C@H]3[C@@H]4CC[C@@H]5C[C@@H](O)CC[C@]5(C)[C@H]4CC[C@]3(C)C1[C@@H]2C. The summed E-state index contributed by atoms with van der Waals surface area (Å²) < 4.78 is 13.4. The van der Waals surface area contributed by atoms with Gasteiger partial charge in [0, 0.05) is 12.3 Å². The van der Waals surface area contributed by atoms with Crippen molar-refractivity contribution in [2.45, 2.75) is 110 Å².